The predicted octanol–water partition coefficient (Wildman–Crippen LogP) is 3.66. The minimum atomic E-state index is -0.123. The molecule has 2 aromatic carbocycles. The van der Waals surface area contributed by atoms with E-state index in [-0.39, 0.29) is 12.1 Å². The zero-order chi connectivity index (χ0) is 16.0. The van der Waals surface area contributed by atoms with Gasteiger partial charge in [0, 0.05) is 4.47 Å². The molecular weight excluding hydrogens is 358 g/mol. The van der Waals surface area contributed by atoms with Gasteiger partial charge in [-0.3, -0.25) is 0 Å². The molecule has 23 heavy (non-hydrogen) atoms. The molecule has 0 bridgehead atoms. The lowest BCUT2D eigenvalue weighted by atomic mass is 10.1. The Labute approximate surface area is 141 Å². The molecule has 0 saturated carbocycles. The van der Waals surface area contributed by atoms with E-state index in [0.717, 1.165) is 32.6 Å². The second-order valence-corrected chi connectivity index (χ2v) is 6.41. The van der Waals surface area contributed by atoms with Gasteiger partial charge in [-0.1, -0.05) is 28.1 Å². The number of rotatable bonds is 3. The Morgan fingerprint density at radius 1 is 1.26 bits per heavy atom. The smallest absolute Gasteiger partial charge is 0.328 e. The van der Waals surface area contributed by atoms with Crippen molar-refractivity contribution in [2.24, 2.45) is 0 Å². The van der Waals surface area contributed by atoms with Crippen LogP contribution in [0.3, 0.4) is 0 Å². The third kappa shape index (κ3) is 2.39. The first-order valence-corrected chi connectivity index (χ1v) is 8.07. The fourth-order valence-corrected chi connectivity index (χ4v) is 3.29. The largest absolute Gasteiger partial charge is 0.497 e. The van der Waals surface area contributed by atoms with E-state index < -0.39 is 0 Å². The maximum Gasteiger partial charge on any atom is 0.328 e. The number of hydrogen-bond acceptors (Lipinski definition) is 3. The van der Waals surface area contributed by atoms with Crippen LogP contribution < -0.4 is 10.1 Å². The molecule has 2 heterocycles. The average molecular weight is 372 g/mol. The molecule has 1 unspecified atom stereocenters. The van der Waals surface area contributed by atoms with Crippen molar-refractivity contribution >= 4 is 33.0 Å². The Kier molecular flexibility index (Phi) is 3.34. The topological polar surface area (TPSA) is 56.1 Å². The number of amides is 1. The molecule has 1 amide bonds. The number of halogens is 1. The van der Waals surface area contributed by atoms with Crippen LogP contribution in [0.5, 0.6) is 5.75 Å². The summed E-state index contributed by atoms with van der Waals surface area (Å²) in [5.74, 6) is 1.58. The van der Waals surface area contributed by atoms with Gasteiger partial charge >= 0.3 is 6.03 Å². The van der Waals surface area contributed by atoms with Crippen molar-refractivity contribution in [1.29, 1.82) is 0 Å². The van der Waals surface area contributed by atoms with E-state index in [9.17, 15) is 4.79 Å². The zero-order valence-corrected chi connectivity index (χ0v) is 14.0. The number of hydrogen-bond donors (Lipinski definition) is 1. The van der Waals surface area contributed by atoms with Crippen molar-refractivity contribution in [3.8, 4) is 5.75 Å². The van der Waals surface area contributed by atoms with Crippen LogP contribution >= 0.6 is 15.9 Å². The maximum atomic E-state index is 12.3. The molecule has 0 fully saturated rings. The molecule has 116 valence electrons. The van der Waals surface area contributed by atoms with Gasteiger partial charge < -0.3 is 10.1 Å². The van der Waals surface area contributed by atoms with E-state index in [1.54, 1.807) is 11.7 Å². The lowest BCUT2D eigenvalue weighted by molar-refractivity contribution is 0.245. The highest BCUT2D eigenvalue weighted by Gasteiger charge is 2.32. The molecule has 1 atom stereocenters. The van der Waals surface area contributed by atoms with Crippen LogP contribution in [-0.2, 0) is 6.42 Å². The predicted molar refractivity (Wildman–Crippen MR) is 90.8 cm³/mol. The van der Waals surface area contributed by atoms with Crippen LogP contribution in [0.2, 0.25) is 0 Å². The summed E-state index contributed by atoms with van der Waals surface area (Å²) in [4.78, 5) is 16.9. The van der Waals surface area contributed by atoms with Gasteiger partial charge in [0.25, 0.3) is 0 Å². The quantitative estimate of drug-likeness (QED) is 0.764. The van der Waals surface area contributed by atoms with E-state index in [0.29, 0.717) is 6.42 Å². The number of carbonyl (C=O) groups excluding carboxylic acids is 1. The molecule has 5 nitrogen and oxygen atoms in total. The number of methoxy groups -OCH3 is 1. The normalized spacial score (nSPS) is 16.4. The summed E-state index contributed by atoms with van der Waals surface area (Å²) in [5.41, 5.74) is 2.78. The molecule has 0 radical (unpaired) electrons. The summed E-state index contributed by atoms with van der Waals surface area (Å²) < 4.78 is 7.79. The molecule has 1 aliphatic rings. The third-order valence-electron chi connectivity index (χ3n) is 4.05. The first-order chi connectivity index (χ1) is 11.2. The van der Waals surface area contributed by atoms with E-state index in [1.807, 2.05) is 42.5 Å². The van der Waals surface area contributed by atoms with Gasteiger partial charge in [0.15, 0.2) is 0 Å². The number of benzene rings is 2. The van der Waals surface area contributed by atoms with E-state index >= 15 is 0 Å². The maximum absolute atomic E-state index is 12.3. The number of aromatic nitrogens is 2. The van der Waals surface area contributed by atoms with Gasteiger partial charge in [0.05, 0.1) is 24.2 Å². The lowest BCUT2D eigenvalue weighted by Gasteiger charge is -2.09. The average Bonchev–Trinajstić information content (AvgIpc) is 3.06. The van der Waals surface area contributed by atoms with Crippen molar-refractivity contribution in [3.05, 3.63) is 58.3 Å². The van der Waals surface area contributed by atoms with Crippen LogP contribution in [0, 0.1) is 0 Å². The van der Waals surface area contributed by atoms with Crippen molar-refractivity contribution in [1.82, 2.24) is 14.9 Å². The van der Waals surface area contributed by atoms with Crippen LogP contribution in [0.4, 0.5) is 4.79 Å². The molecular formula is C17H14BrN3O2. The highest BCUT2D eigenvalue weighted by molar-refractivity contribution is 9.10. The number of fused-ring (bicyclic) bond motifs is 3. The molecule has 0 saturated heterocycles. The van der Waals surface area contributed by atoms with Crippen LogP contribution in [0.25, 0.3) is 11.0 Å². The van der Waals surface area contributed by atoms with Crippen molar-refractivity contribution in [2.75, 3.05) is 7.11 Å². The number of carbonyl (C=O) groups is 1. The lowest BCUT2D eigenvalue weighted by Crippen LogP contribution is -2.22. The molecule has 1 N–H and O–H groups in total. The third-order valence-corrected chi connectivity index (χ3v) is 4.55. The zero-order valence-electron chi connectivity index (χ0n) is 12.4. The number of imidazole rings is 1. The summed E-state index contributed by atoms with van der Waals surface area (Å²) in [7, 11) is 1.65. The number of nitrogens with zero attached hydrogens (tertiary/aromatic N) is 2. The first kappa shape index (κ1) is 14.3. The van der Waals surface area contributed by atoms with E-state index in [1.165, 1.54) is 0 Å². The highest BCUT2D eigenvalue weighted by atomic mass is 79.9. The summed E-state index contributed by atoms with van der Waals surface area (Å²) in [6, 6.07) is 13.4. The van der Waals surface area contributed by atoms with Gasteiger partial charge in [-0.05, 0) is 42.3 Å². The van der Waals surface area contributed by atoms with Crippen LogP contribution in [0.15, 0.2) is 46.9 Å². The van der Waals surface area contributed by atoms with Gasteiger partial charge in [-0.15, -0.1) is 0 Å². The van der Waals surface area contributed by atoms with E-state index in [2.05, 4.69) is 26.2 Å². The Hall–Kier alpha value is -2.34. The van der Waals surface area contributed by atoms with Gasteiger partial charge in [0.2, 0.25) is 0 Å². The standard InChI is InChI=1S/C17H14BrN3O2/c1-23-12-5-2-10(3-6-12)8-14-16-19-13-9-11(18)4-7-15(13)21(16)17(22)20-14/h2-7,9,14H,8H2,1H3,(H,20,22). The number of nitrogens with one attached hydrogen (secondary N) is 1. The molecule has 6 heteroatoms. The van der Waals surface area contributed by atoms with Gasteiger partial charge in [-0.2, -0.15) is 0 Å². The Morgan fingerprint density at radius 2 is 2.04 bits per heavy atom. The molecule has 0 spiro atoms. The summed E-state index contributed by atoms with van der Waals surface area (Å²) in [5, 5.41) is 3.00. The Balaban J connectivity index is 1.70. The van der Waals surface area contributed by atoms with E-state index in [4.69, 9.17) is 4.74 Å². The van der Waals surface area contributed by atoms with Crippen molar-refractivity contribution < 1.29 is 9.53 Å². The Morgan fingerprint density at radius 3 is 2.78 bits per heavy atom. The monoisotopic (exact) mass is 371 g/mol. The fourth-order valence-electron chi connectivity index (χ4n) is 2.94. The number of ether oxygens (including phenoxy) is 1. The summed E-state index contributed by atoms with van der Waals surface area (Å²) in [6.45, 7) is 0. The van der Waals surface area contributed by atoms with Crippen LogP contribution in [-0.4, -0.2) is 22.7 Å². The minimum absolute atomic E-state index is 0.122. The molecule has 1 aliphatic heterocycles. The fraction of sp³-hybridized carbons (Fsp3) is 0.176. The van der Waals surface area contributed by atoms with Crippen molar-refractivity contribution in [2.45, 2.75) is 12.5 Å². The molecule has 4 rings (SSSR count). The molecule has 1 aromatic heterocycles. The second-order valence-electron chi connectivity index (χ2n) is 5.49. The molecule has 0 aliphatic carbocycles. The van der Waals surface area contributed by atoms with Gasteiger partial charge in [0.1, 0.15) is 11.6 Å². The second kappa shape index (κ2) is 5.38. The minimum Gasteiger partial charge on any atom is -0.497 e. The van der Waals surface area contributed by atoms with Gasteiger partial charge in [-0.25, -0.2) is 14.3 Å². The summed E-state index contributed by atoms with van der Waals surface area (Å²) >= 11 is 3.44. The SMILES string of the molecule is COc1ccc(CC2NC(=O)n3c2nc2cc(Br)ccc23)cc1. The molecule has 3 aromatic rings. The first-order valence-electron chi connectivity index (χ1n) is 7.27. The highest BCUT2D eigenvalue weighted by Crippen LogP contribution is 2.29. The Bertz CT molecular complexity index is 902. The van der Waals surface area contributed by atoms with Crippen molar-refractivity contribution in [3.63, 3.8) is 0 Å². The van der Waals surface area contributed by atoms with Crippen LogP contribution in [0.1, 0.15) is 17.4 Å². The summed E-state index contributed by atoms with van der Waals surface area (Å²) in [6.07, 6.45) is 0.695.